The Morgan fingerprint density at radius 2 is 1.68 bits per heavy atom. The lowest BCUT2D eigenvalue weighted by atomic mass is 9.96. The lowest BCUT2D eigenvalue weighted by Gasteiger charge is -2.13. The fraction of sp³-hybridized carbons (Fsp3) is 0.550. The first-order valence-corrected chi connectivity index (χ1v) is 8.73. The highest BCUT2D eigenvalue weighted by atomic mass is 15.1. The van der Waals surface area contributed by atoms with Gasteiger partial charge in [-0.3, -0.25) is 0 Å². The van der Waals surface area contributed by atoms with Crippen molar-refractivity contribution in [2.45, 2.75) is 59.4 Å². The molecule has 2 nitrogen and oxygen atoms in total. The fourth-order valence-electron chi connectivity index (χ4n) is 2.97. The van der Waals surface area contributed by atoms with E-state index in [4.69, 9.17) is 0 Å². The number of imidazole rings is 1. The Morgan fingerprint density at radius 3 is 2.41 bits per heavy atom. The van der Waals surface area contributed by atoms with E-state index in [2.05, 4.69) is 66.9 Å². The van der Waals surface area contributed by atoms with Crippen LogP contribution in [0.4, 0.5) is 0 Å². The van der Waals surface area contributed by atoms with E-state index in [1.54, 1.807) is 0 Å². The third-order valence-corrected chi connectivity index (χ3v) is 4.32. The van der Waals surface area contributed by atoms with Crippen LogP contribution in [0, 0.1) is 11.8 Å². The Balaban J connectivity index is 1.77. The zero-order valence-corrected chi connectivity index (χ0v) is 14.3. The maximum absolute atomic E-state index is 4.52. The monoisotopic (exact) mass is 298 g/mol. The summed E-state index contributed by atoms with van der Waals surface area (Å²) in [7, 11) is 0. The molecule has 0 bridgehead atoms. The Labute approximate surface area is 135 Å². The molecule has 2 aromatic rings. The minimum Gasteiger partial charge on any atom is -0.331 e. The maximum atomic E-state index is 4.52. The number of rotatable bonds is 9. The first kappa shape index (κ1) is 16.8. The molecule has 120 valence electrons. The molecule has 0 saturated heterocycles. The first-order valence-electron chi connectivity index (χ1n) is 8.73. The van der Waals surface area contributed by atoms with E-state index < -0.39 is 0 Å². The molecule has 1 heterocycles. The minimum atomic E-state index is 0.836. The van der Waals surface area contributed by atoms with E-state index >= 15 is 0 Å². The summed E-state index contributed by atoms with van der Waals surface area (Å²) < 4.78 is 2.29. The predicted octanol–water partition coefficient (Wildman–Crippen LogP) is 5.79. The Hall–Kier alpha value is -1.57. The molecule has 1 aromatic heterocycles. The molecule has 0 aliphatic carbocycles. The average molecular weight is 298 g/mol. The van der Waals surface area contributed by atoms with Crippen molar-refractivity contribution in [1.29, 1.82) is 0 Å². The van der Waals surface area contributed by atoms with Crippen LogP contribution in [0.1, 0.15) is 52.9 Å². The van der Waals surface area contributed by atoms with E-state index in [0.29, 0.717) is 0 Å². The summed E-state index contributed by atoms with van der Waals surface area (Å²) in [5.41, 5.74) is 1.21. The third kappa shape index (κ3) is 5.32. The van der Waals surface area contributed by atoms with Gasteiger partial charge in [-0.15, -0.1) is 0 Å². The van der Waals surface area contributed by atoms with Crippen molar-refractivity contribution in [3.05, 3.63) is 42.7 Å². The minimum absolute atomic E-state index is 0.836. The van der Waals surface area contributed by atoms with Crippen LogP contribution in [0.25, 0.3) is 11.4 Å². The zero-order valence-electron chi connectivity index (χ0n) is 14.3. The van der Waals surface area contributed by atoms with Gasteiger partial charge in [-0.05, 0) is 24.7 Å². The molecule has 0 radical (unpaired) electrons. The highest BCUT2D eigenvalue weighted by Crippen LogP contribution is 2.20. The predicted molar refractivity (Wildman–Crippen MR) is 94.8 cm³/mol. The summed E-state index contributed by atoms with van der Waals surface area (Å²) in [6.45, 7) is 8.09. The molecular weight excluding hydrogens is 268 g/mol. The molecule has 0 aliphatic heterocycles. The molecule has 0 N–H and O–H groups in total. The normalized spacial score (nSPS) is 12.7. The lowest BCUT2D eigenvalue weighted by molar-refractivity contribution is 0.416. The van der Waals surface area contributed by atoms with Gasteiger partial charge < -0.3 is 4.57 Å². The van der Waals surface area contributed by atoms with Crippen molar-refractivity contribution in [1.82, 2.24) is 9.55 Å². The standard InChI is InChI=1S/C20H30N2/c1-17(2)9-7-10-18(3)11-8-15-22-16-14-21-20(22)19-12-5-4-6-13-19/h4-6,12-14,16-18H,7-11,15H2,1-3H3. The number of nitrogens with zero attached hydrogens (tertiary/aromatic N) is 2. The van der Waals surface area contributed by atoms with Gasteiger partial charge in [0.1, 0.15) is 5.82 Å². The number of benzene rings is 1. The topological polar surface area (TPSA) is 17.8 Å². The van der Waals surface area contributed by atoms with Crippen molar-refractivity contribution in [3.8, 4) is 11.4 Å². The molecule has 1 unspecified atom stereocenters. The van der Waals surface area contributed by atoms with Gasteiger partial charge in [-0.1, -0.05) is 70.4 Å². The lowest BCUT2D eigenvalue weighted by Crippen LogP contribution is -2.03. The van der Waals surface area contributed by atoms with Crippen molar-refractivity contribution in [3.63, 3.8) is 0 Å². The van der Waals surface area contributed by atoms with Gasteiger partial charge in [-0.2, -0.15) is 0 Å². The summed E-state index contributed by atoms with van der Waals surface area (Å²) in [5.74, 6) is 2.77. The molecule has 0 saturated carbocycles. The van der Waals surface area contributed by atoms with Gasteiger partial charge in [0, 0.05) is 24.5 Å². The molecule has 0 aliphatic rings. The highest BCUT2D eigenvalue weighted by Gasteiger charge is 2.07. The molecular formula is C20H30N2. The van der Waals surface area contributed by atoms with Crippen LogP contribution in [-0.4, -0.2) is 9.55 Å². The average Bonchev–Trinajstić information content (AvgIpc) is 2.96. The van der Waals surface area contributed by atoms with Gasteiger partial charge in [0.2, 0.25) is 0 Å². The molecule has 0 spiro atoms. The Kier molecular flexibility index (Phi) is 6.70. The van der Waals surface area contributed by atoms with Gasteiger partial charge >= 0.3 is 0 Å². The van der Waals surface area contributed by atoms with E-state index in [0.717, 1.165) is 24.2 Å². The van der Waals surface area contributed by atoms with Gasteiger partial charge in [0.05, 0.1) is 0 Å². The molecule has 22 heavy (non-hydrogen) atoms. The smallest absolute Gasteiger partial charge is 0.139 e. The second kappa shape index (κ2) is 8.77. The Morgan fingerprint density at radius 1 is 0.955 bits per heavy atom. The van der Waals surface area contributed by atoms with Crippen molar-refractivity contribution in [2.24, 2.45) is 11.8 Å². The summed E-state index contributed by atoms with van der Waals surface area (Å²) in [4.78, 5) is 4.52. The molecule has 2 heteroatoms. The quantitative estimate of drug-likeness (QED) is 0.572. The van der Waals surface area contributed by atoms with Crippen LogP contribution < -0.4 is 0 Å². The first-order chi connectivity index (χ1) is 10.7. The van der Waals surface area contributed by atoms with Crippen LogP contribution in [0.3, 0.4) is 0 Å². The van der Waals surface area contributed by atoms with Crippen molar-refractivity contribution < 1.29 is 0 Å². The van der Waals surface area contributed by atoms with Crippen LogP contribution in [0.2, 0.25) is 0 Å². The summed E-state index contributed by atoms with van der Waals surface area (Å²) in [5, 5.41) is 0. The fourth-order valence-corrected chi connectivity index (χ4v) is 2.97. The largest absolute Gasteiger partial charge is 0.331 e. The summed E-state index contributed by atoms with van der Waals surface area (Å²) >= 11 is 0. The number of aromatic nitrogens is 2. The maximum Gasteiger partial charge on any atom is 0.139 e. The highest BCUT2D eigenvalue weighted by molar-refractivity contribution is 5.54. The zero-order chi connectivity index (χ0) is 15.8. The molecule has 0 amide bonds. The number of hydrogen-bond donors (Lipinski definition) is 0. The van der Waals surface area contributed by atoms with E-state index in [9.17, 15) is 0 Å². The van der Waals surface area contributed by atoms with Crippen LogP contribution >= 0.6 is 0 Å². The molecule has 0 fully saturated rings. The summed E-state index contributed by atoms with van der Waals surface area (Å²) in [6.07, 6.45) is 10.7. The molecule has 2 rings (SSSR count). The van der Waals surface area contributed by atoms with Crippen LogP contribution in [0.5, 0.6) is 0 Å². The van der Waals surface area contributed by atoms with Crippen LogP contribution in [-0.2, 0) is 6.54 Å². The van der Waals surface area contributed by atoms with E-state index in [1.165, 1.54) is 37.7 Å². The summed E-state index contributed by atoms with van der Waals surface area (Å²) in [6, 6.07) is 10.5. The van der Waals surface area contributed by atoms with Crippen molar-refractivity contribution in [2.75, 3.05) is 0 Å². The van der Waals surface area contributed by atoms with E-state index in [1.807, 2.05) is 6.20 Å². The second-order valence-electron chi connectivity index (χ2n) is 6.88. The van der Waals surface area contributed by atoms with Gasteiger partial charge in [0.25, 0.3) is 0 Å². The Bertz CT molecular complexity index is 528. The molecule has 1 atom stereocenters. The van der Waals surface area contributed by atoms with Crippen molar-refractivity contribution >= 4 is 0 Å². The van der Waals surface area contributed by atoms with Gasteiger partial charge in [-0.25, -0.2) is 4.98 Å². The number of hydrogen-bond acceptors (Lipinski definition) is 1. The SMILES string of the molecule is CC(C)CCCC(C)CCCn1ccnc1-c1ccccc1. The molecule has 1 aromatic carbocycles. The second-order valence-corrected chi connectivity index (χ2v) is 6.88. The van der Waals surface area contributed by atoms with Crippen LogP contribution in [0.15, 0.2) is 42.7 Å². The third-order valence-electron chi connectivity index (χ3n) is 4.32. The van der Waals surface area contributed by atoms with Gasteiger partial charge in [0.15, 0.2) is 0 Å². The number of aryl methyl sites for hydroxylation is 1. The van der Waals surface area contributed by atoms with E-state index in [-0.39, 0.29) is 0 Å².